The Labute approximate surface area is 142 Å². The molecule has 0 N–H and O–H groups in total. The summed E-state index contributed by atoms with van der Waals surface area (Å²) in [5.74, 6) is -0.609. The summed E-state index contributed by atoms with van der Waals surface area (Å²) in [7, 11) is 0. The number of carbonyl (C=O) groups is 1. The molecule has 1 aromatic heterocycles. The van der Waals surface area contributed by atoms with E-state index in [0.29, 0.717) is 10.3 Å². The number of hydrogen-bond acceptors (Lipinski definition) is 5. The second kappa shape index (κ2) is 6.56. The van der Waals surface area contributed by atoms with Crippen molar-refractivity contribution in [2.45, 2.75) is 6.18 Å². The van der Waals surface area contributed by atoms with Gasteiger partial charge in [0.05, 0.1) is 10.3 Å². The molecule has 0 aliphatic carbocycles. The molecule has 25 heavy (non-hydrogen) atoms. The van der Waals surface area contributed by atoms with Crippen molar-refractivity contribution < 1.29 is 27.1 Å². The normalized spacial score (nSPS) is 12.0. The standard InChI is InChI=1S/C17H9F3O4S/c18-17(19,20)11-3-1-2-10(8-11)4-7-15(21)23-12-5-6-14-13(9-12)24-16(22)25-14/h1-9H/b7-4+. The van der Waals surface area contributed by atoms with Gasteiger partial charge in [0.2, 0.25) is 0 Å². The number of esters is 1. The van der Waals surface area contributed by atoms with Crippen LogP contribution in [0.2, 0.25) is 0 Å². The van der Waals surface area contributed by atoms with Gasteiger partial charge in [-0.2, -0.15) is 13.2 Å². The van der Waals surface area contributed by atoms with Crippen molar-refractivity contribution in [1.29, 1.82) is 0 Å². The first kappa shape index (κ1) is 17.0. The average molecular weight is 366 g/mol. The highest BCUT2D eigenvalue weighted by Crippen LogP contribution is 2.29. The monoisotopic (exact) mass is 366 g/mol. The van der Waals surface area contributed by atoms with E-state index >= 15 is 0 Å². The summed E-state index contributed by atoms with van der Waals surface area (Å²) in [6.45, 7) is 0. The van der Waals surface area contributed by atoms with Gasteiger partial charge in [-0.25, -0.2) is 9.59 Å². The maximum atomic E-state index is 12.6. The fourth-order valence-corrected chi connectivity index (χ4v) is 2.70. The lowest BCUT2D eigenvalue weighted by Gasteiger charge is -2.06. The van der Waals surface area contributed by atoms with Gasteiger partial charge in [-0.15, -0.1) is 0 Å². The molecule has 4 nitrogen and oxygen atoms in total. The van der Waals surface area contributed by atoms with Crippen LogP contribution < -0.4 is 9.68 Å². The van der Waals surface area contributed by atoms with Crippen LogP contribution in [0, 0.1) is 0 Å². The van der Waals surface area contributed by atoms with Crippen LogP contribution in [0.4, 0.5) is 13.2 Å². The van der Waals surface area contributed by atoms with Crippen molar-refractivity contribution in [3.8, 4) is 5.75 Å². The van der Waals surface area contributed by atoms with Gasteiger partial charge in [0.25, 0.3) is 0 Å². The Balaban J connectivity index is 1.73. The quantitative estimate of drug-likeness (QED) is 0.389. The number of rotatable bonds is 3. The predicted molar refractivity (Wildman–Crippen MR) is 86.5 cm³/mol. The Morgan fingerprint density at radius 3 is 2.72 bits per heavy atom. The first-order valence-electron chi connectivity index (χ1n) is 6.92. The van der Waals surface area contributed by atoms with Crippen LogP contribution in [0.1, 0.15) is 11.1 Å². The van der Waals surface area contributed by atoms with Crippen LogP contribution in [-0.4, -0.2) is 5.97 Å². The summed E-state index contributed by atoms with van der Waals surface area (Å²) in [5.41, 5.74) is -0.297. The molecule has 0 spiro atoms. The Kier molecular flexibility index (Phi) is 4.45. The zero-order valence-electron chi connectivity index (χ0n) is 12.4. The van der Waals surface area contributed by atoms with E-state index in [1.54, 1.807) is 6.07 Å². The van der Waals surface area contributed by atoms with Crippen LogP contribution in [0.5, 0.6) is 5.75 Å². The summed E-state index contributed by atoms with van der Waals surface area (Å²) < 4.78 is 48.5. The summed E-state index contributed by atoms with van der Waals surface area (Å²) in [6, 6.07) is 9.01. The number of halogens is 3. The third-order valence-corrected chi connectivity index (χ3v) is 3.95. The summed E-state index contributed by atoms with van der Waals surface area (Å²) in [4.78, 5) is 22.5. The van der Waals surface area contributed by atoms with Crippen molar-refractivity contribution >= 4 is 33.7 Å². The van der Waals surface area contributed by atoms with Gasteiger partial charge in [-0.1, -0.05) is 23.5 Å². The van der Waals surface area contributed by atoms with Gasteiger partial charge in [0.1, 0.15) is 5.75 Å². The van der Waals surface area contributed by atoms with Crippen molar-refractivity contribution in [2.24, 2.45) is 0 Å². The number of fused-ring (bicyclic) bond motifs is 1. The summed E-state index contributed by atoms with van der Waals surface area (Å²) in [5, 5.41) is 0. The molecule has 0 saturated carbocycles. The van der Waals surface area contributed by atoms with E-state index in [1.807, 2.05) is 0 Å². The average Bonchev–Trinajstić information content (AvgIpc) is 2.92. The molecule has 0 aliphatic heterocycles. The first-order chi connectivity index (χ1) is 11.8. The first-order valence-corrected chi connectivity index (χ1v) is 7.74. The number of carbonyl (C=O) groups excluding carboxylic acids is 1. The third-order valence-electron chi connectivity index (χ3n) is 3.15. The van der Waals surface area contributed by atoms with Gasteiger partial charge in [0.15, 0.2) is 5.58 Å². The lowest BCUT2D eigenvalue weighted by molar-refractivity contribution is -0.137. The zero-order valence-corrected chi connectivity index (χ0v) is 13.2. The number of ether oxygens (including phenoxy) is 1. The molecule has 128 valence electrons. The van der Waals surface area contributed by atoms with Crippen molar-refractivity contribution in [2.75, 3.05) is 0 Å². The summed E-state index contributed by atoms with van der Waals surface area (Å²) >= 11 is 0.922. The molecule has 0 amide bonds. The van der Waals surface area contributed by atoms with Crippen molar-refractivity contribution in [3.05, 3.63) is 69.4 Å². The van der Waals surface area contributed by atoms with Crippen molar-refractivity contribution in [3.63, 3.8) is 0 Å². The van der Waals surface area contributed by atoms with Gasteiger partial charge in [-0.3, -0.25) is 0 Å². The Bertz CT molecular complexity index is 1010. The molecule has 3 aromatic rings. The second-order valence-electron chi connectivity index (χ2n) is 4.94. The van der Waals surface area contributed by atoms with E-state index in [1.165, 1.54) is 30.3 Å². The Hall–Kier alpha value is -2.87. The third kappa shape index (κ3) is 4.16. The maximum absolute atomic E-state index is 12.6. The van der Waals surface area contributed by atoms with Crippen LogP contribution in [-0.2, 0) is 11.0 Å². The lowest BCUT2D eigenvalue weighted by atomic mass is 10.1. The topological polar surface area (TPSA) is 56.5 Å². The minimum Gasteiger partial charge on any atom is -0.423 e. The highest BCUT2D eigenvalue weighted by atomic mass is 32.1. The van der Waals surface area contributed by atoms with Crippen LogP contribution in [0.3, 0.4) is 0 Å². The van der Waals surface area contributed by atoms with Gasteiger partial charge >= 0.3 is 17.1 Å². The molecule has 2 aromatic carbocycles. The highest BCUT2D eigenvalue weighted by Gasteiger charge is 2.30. The van der Waals surface area contributed by atoms with E-state index in [0.717, 1.165) is 29.5 Å². The Morgan fingerprint density at radius 2 is 1.96 bits per heavy atom. The van der Waals surface area contributed by atoms with Gasteiger partial charge in [-0.05, 0) is 35.9 Å². The SMILES string of the molecule is O=C(/C=C/c1cccc(C(F)(F)F)c1)Oc1ccc2sc(=O)oc2c1. The van der Waals surface area contributed by atoms with E-state index in [9.17, 15) is 22.8 Å². The fourth-order valence-electron chi connectivity index (χ4n) is 2.05. The number of benzene rings is 2. The van der Waals surface area contributed by atoms with E-state index in [2.05, 4.69) is 0 Å². The van der Waals surface area contributed by atoms with Gasteiger partial charge < -0.3 is 9.15 Å². The molecule has 3 rings (SSSR count). The maximum Gasteiger partial charge on any atom is 0.416 e. The van der Waals surface area contributed by atoms with Crippen LogP contribution in [0.25, 0.3) is 16.4 Å². The minimum atomic E-state index is -4.45. The molecule has 0 unspecified atom stereocenters. The smallest absolute Gasteiger partial charge is 0.416 e. The molecular weight excluding hydrogens is 357 g/mol. The predicted octanol–water partition coefficient (Wildman–Crippen LogP) is 4.49. The summed E-state index contributed by atoms with van der Waals surface area (Å²) in [6.07, 6.45) is -2.21. The van der Waals surface area contributed by atoms with Crippen LogP contribution in [0.15, 0.2) is 57.8 Å². The molecule has 8 heteroatoms. The molecule has 0 fully saturated rings. The van der Waals surface area contributed by atoms with Gasteiger partial charge in [0, 0.05) is 12.1 Å². The second-order valence-corrected chi connectivity index (χ2v) is 5.92. The fraction of sp³-hybridized carbons (Fsp3) is 0.0588. The molecule has 0 radical (unpaired) electrons. The Morgan fingerprint density at radius 1 is 1.16 bits per heavy atom. The lowest BCUT2D eigenvalue weighted by Crippen LogP contribution is -2.05. The molecule has 0 aliphatic rings. The molecule has 1 heterocycles. The highest BCUT2D eigenvalue weighted by molar-refractivity contribution is 7.16. The largest absolute Gasteiger partial charge is 0.423 e. The van der Waals surface area contributed by atoms with E-state index in [-0.39, 0.29) is 11.3 Å². The van der Waals surface area contributed by atoms with Crippen molar-refractivity contribution in [1.82, 2.24) is 0 Å². The van der Waals surface area contributed by atoms with E-state index < -0.39 is 22.6 Å². The number of alkyl halides is 3. The molecule has 0 bridgehead atoms. The molecule has 0 atom stereocenters. The minimum absolute atomic E-state index is 0.160. The van der Waals surface area contributed by atoms with E-state index in [4.69, 9.17) is 9.15 Å². The van der Waals surface area contributed by atoms with Crippen LogP contribution >= 0.6 is 11.3 Å². The molecule has 0 saturated heterocycles. The number of hydrogen-bond donors (Lipinski definition) is 0. The zero-order chi connectivity index (χ0) is 18.0. The molecular formula is C17H9F3O4S.